The van der Waals surface area contributed by atoms with Gasteiger partial charge in [0.05, 0.1) is 17.8 Å². The van der Waals surface area contributed by atoms with Crippen LogP contribution in [0.2, 0.25) is 0 Å². The second-order valence-corrected chi connectivity index (χ2v) is 8.86. The van der Waals surface area contributed by atoms with E-state index in [4.69, 9.17) is 0 Å². The predicted octanol–water partition coefficient (Wildman–Crippen LogP) is 3.90. The van der Waals surface area contributed by atoms with Crippen LogP contribution in [0.4, 0.5) is 11.8 Å². The molecule has 7 heteroatoms. The number of hydrogen-bond donors (Lipinski definition) is 3. The zero-order chi connectivity index (χ0) is 21.8. The van der Waals surface area contributed by atoms with E-state index in [-0.39, 0.29) is 17.6 Å². The topological polar surface area (TPSA) is 107 Å². The van der Waals surface area contributed by atoms with E-state index in [2.05, 4.69) is 63.7 Å². The Kier molecular flexibility index (Phi) is 6.01. The van der Waals surface area contributed by atoms with Crippen LogP contribution >= 0.6 is 0 Å². The summed E-state index contributed by atoms with van der Waals surface area (Å²) in [5, 5.41) is 27.5. The lowest BCUT2D eigenvalue weighted by molar-refractivity contribution is 0.00926. The minimum absolute atomic E-state index is 0.162. The van der Waals surface area contributed by atoms with Crippen molar-refractivity contribution in [3.63, 3.8) is 0 Å². The Hall–Kier alpha value is -3.24. The maximum Gasteiger partial charge on any atom is 0.224 e. The van der Waals surface area contributed by atoms with Crippen molar-refractivity contribution in [2.45, 2.75) is 51.7 Å². The van der Waals surface area contributed by atoms with Crippen molar-refractivity contribution in [2.24, 2.45) is 5.41 Å². The molecule has 0 radical (unpaired) electrons. The number of aliphatic hydroxyl groups excluding tert-OH is 1. The molecule has 3 aromatic rings. The molecule has 0 saturated heterocycles. The first-order chi connectivity index (χ1) is 15.0. The van der Waals surface area contributed by atoms with Gasteiger partial charge >= 0.3 is 0 Å². The van der Waals surface area contributed by atoms with E-state index in [0.29, 0.717) is 23.9 Å². The zero-order valence-electron chi connectivity index (χ0n) is 18.0. The fourth-order valence-corrected chi connectivity index (χ4v) is 4.28. The number of anilines is 2. The molecule has 1 aliphatic carbocycles. The van der Waals surface area contributed by atoms with E-state index >= 15 is 0 Å². The summed E-state index contributed by atoms with van der Waals surface area (Å²) in [6.45, 7) is 4.81. The zero-order valence-corrected chi connectivity index (χ0v) is 18.0. The van der Waals surface area contributed by atoms with E-state index in [1.807, 2.05) is 18.3 Å². The molecule has 1 aromatic carbocycles. The minimum atomic E-state index is -0.299. The molecule has 0 spiro atoms. The standard InChI is InChI=1S/C24H28N6O/c1-24(2)13-19(8-9-20(24)31)29-22-18(14-25)15-28-23(30-22)27-12-10-17-6-3-5-16-7-4-11-26-21(16)17/h3-7,11,15,19-20,31H,8-10,12-13H2,1-2H3,(H2,27,28,29,30)/t19-,20+/m1/s1. The summed E-state index contributed by atoms with van der Waals surface area (Å²) in [5.41, 5.74) is 2.44. The Balaban J connectivity index is 1.43. The molecule has 7 nitrogen and oxygen atoms in total. The molecule has 0 unspecified atom stereocenters. The second-order valence-electron chi connectivity index (χ2n) is 8.86. The van der Waals surface area contributed by atoms with Gasteiger partial charge < -0.3 is 15.7 Å². The van der Waals surface area contributed by atoms with Crippen molar-refractivity contribution < 1.29 is 5.11 Å². The molecular formula is C24H28N6O. The SMILES string of the molecule is CC1(C)C[C@H](Nc2nc(NCCc3cccc4cccnc34)ncc2C#N)CC[C@@H]1O. The maximum absolute atomic E-state index is 10.2. The molecule has 2 heterocycles. The molecule has 1 fully saturated rings. The highest BCUT2D eigenvalue weighted by atomic mass is 16.3. The molecule has 1 saturated carbocycles. The Morgan fingerprint density at radius 2 is 2.03 bits per heavy atom. The highest BCUT2D eigenvalue weighted by molar-refractivity contribution is 5.81. The average molecular weight is 417 g/mol. The van der Waals surface area contributed by atoms with Crippen LogP contribution < -0.4 is 10.6 Å². The molecule has 0 aliphatic heterocycles. The number of fused-ring (bicyclic) bond motifs is 1. The van der Waals surface area contributed by atoms with Crippen LogP contribution in [0.3, 0.4) is 0 Å². The van der Waals surface area contributed by atoms with Gasteiger partial charge in [0.25, 0.3) is 0 Å². The van der Waals surface area contributed by atoms with Gasteiger partial charge in [0, 0.05) is 24.2 Å². The molecule has 0 amide bonds. The summed E-state index contributed by atoms with van der Waals surface area (Å²) in [6.07, 6.45) is 6.26. The molecule has 4 rings (SSSR count). The van der Waals surface area contributed by atoms with Crippen molar-refractivity contribution >= 4 is 22.7 Å². The maximum atomic E-state index is 10.2. The quantitative estimate of drug-likeness (QED) is 0.559. The van der Waals surface area contributed by atoms with Gasteiger partial charge in [-0.1, -0.05) is 38.1 Å². The fourth-order valence-electron chi connectivity index (χ4n) is 4.28. The number of rotatable bonds is 6. The monoisotopic (exact) mass is 416 g/mol. The van der Waals surface area contributed by atoms with E-state index in [9.17, 15) is 10.4 Å². The molecule has 3 N–H and O–H groups in total. The van der Waals surface area contributed by atoms with Gasteiger partial charge in [-0.2, -0.15) is 10.2 Å². The van der Waals surface area contributed by atoms with Crippen LogP contribution in [0.25, 0.3) is 10.9 Å². The summed E-state index contributed by atoms with van der Waals surface area (Å²) in [6, 6.07) is 12.5. The molecular weight excluding hydrogens is 388 g/mol. The normalized spacial score (nSPS) is 20.2. The van der Waals surface area contributed by atoms with Crippen molar-refractivity contribution in [1.82, 2.24) is 15.0 Å². The van der Waals surface area contributed by atoms with Gasteiger partial charge in [0.15, 0.2) is 0 Å². The van der Waals surface area contributed by atoms with E-state index in [0.717, 1.165) is 36.6 Å². The van der Waals surface area contributed by atoms with E-state index in [1.54, 1.807) is 6.20 Å². The first-order valence-corrected chi connectivity index (χ1v) is 10.7. The molecule has 160 valence electrons. The smallest absolute Gasteiger partial charge is 0.224 e. The van der Waals surface area contributed by atoms with Crippen molar-refractivity contribution in [2.75, 3.05) is 17.2 Å². The van der Waals surface area contributed by atoms with Gasteiger partial charge in [-0.15, -0.1) is 0 Å². The summed E-state index contributed by atoms with van der Waals surface area (Å²) >= 11 is 0. The van der Waals surface area contributed by atoms with Crippen LogP contribution in [0.15, 0.2) is 42.7 Å². The number of pyridine rings is 1. The lowest BCUT2D eigenvalue weighted by atomic mass is 9.73. The molecule has 31 heavy (non-hydrogen) atoms. The molecule has 1 aliphatic rings. The highest BCUT2D eigenvalue weighted by Gasteiger charge is 2.35. The van der Waals surface area contributed by atoms with E-state index < -0.39 is 0 Å². The van der Waals surface area contributed by atoms with Crippen LogP contribution in [-0.2, 0) is 6.42 Å². The first kappa shape index (κ1) is 21.0. The van der Waals surface area contributed by atoms with Crippen molar-refractivity contribution in [3.8, 4) is 6.07 Å². The number of nitrogens with one attached hydrogen (secondary N) is 2. The van der Waals surface area contributed by atoms with Gasteiger partial charge in [-0.05, 0) is 42.7 Å². The molecule has 0 bridgehead atoms. The minimum Gasteiger partial charge on any atom is -0.393 e. The lowest BCUT2D eigenvalue weighted by Crippen LogP contribution is -2.41. The van der Waals surface area contributed by atoms with Crippen molar-refractivity contribution in [1.29, 1.82) is 5.26 Å². The highest BCUT2D eigenvalue weighted by Crippen LogP contribution is 2.37. The van der Waals surface area contributed by atoms with Crippen LogP contribution in [0.5, 0.6) is 0 Å². The summed E-state index contributed by atoms with van der Waals surface area (Å²) in [4.78, 5) is 13.4. The number of aliphatic hydroxyl groups is 1. The number of nitrogens with zero attached hydrogens (tertiary/aromatic N) is 4. The summed E-state index contributed by atoms with van der Waals surface area (Å²) in [5.74, 6) is 1.04. The Labute approximate surface area is 182 Å². The van der Waals surface area contributed by atoms with Gasteiger partial charge in [0.1, 0.15) is 17.5 Å². The third-order valence-corrected chi connectivity index (χ3v) is 6.11. The number of benzene rings is 1. The van der Waals surface area contributed by atoms with Crippen LogP contribution in [0.1, 0.15) is 44.2 Å². The Bertz CT molecular complexity index is 1100. The Morgan fingerprint density at radius 1 is 1.19 bits per heavy atom. The first-order valence-electron chi connectivity index (χ1n) is 10.7. The molecule has 2 aromatic heterocycles. The number of nitriles is 1. The summed E-state index contributed by atoms with van der Waals surface area (Å²) < 4.78 is 0. The largest absolute Gasteiger partial charge is 0.393 e. The lowest BCUT2D eigenvalue weighted by Gasteiger charge is -2.40. The Morgan fingerprint density at radius 3 is 2.84 bits per heavy atom. The summed E-state index contributed by atoms with van der Waals surface area (Å²) in [7, 11) is 0. The number of para-hydroxylation sites is 1. The second kappa shape index (κ2) is 8.86. The third-order valence-electron chi connectivity index (χ3n) is 6.11. The van der Waals surface area contributed by atoms with Crippen molar-refractivity contribution in [3.05, 3.63) is 53.9 Å². The van der Waals surface area contributed by atoms with Crippen LogP contribution in [-0.4, -0.2) is 38.7 Å². The number of aromatic nitrogens is 3. The fraction of sp³-hybridized carbons (Fsp3) is 0.417. The van der Waals surface area contributed by atoms with Gasteiger partial charge in [-0.25, -0.2) is 4.98 Å². The van der Waals surface area contributed by atoms with E-state index in [1.165, 1.54) is 5.56 Å². The van der Waals surface area contributed by atoms with Gasteiger partial charge in [-0.3, -0.25) is 4.98 Å². The molecule has 2 atom stereocenters. The average Bonchev–Trinajstić information content (AvgIpc) is 2.76. The number of hydrogen-bond acceptors (Lipinski definition) is 7. The van der Waals surface area contributed by atoms with Crippen LogP contribution in [0, 0.1) is 16.7 Å². The predicted molar refractivity (Wildman–Crippen MR) is 122 cm³/mol. The third kappa shape index (κ3) is 4.75. The van der Waals surface area contributed by atoms with Gasteiger partial charge in [0.2, 0.25) is 5.95 Å².